The number of pyridine rings is 3. The fourth-order valence-corrected chi connectivity index (χ4v) is 4.14. The summed E-state index contributed by atoms with van der Waals surface area (Å²) in [6.45, 7) is 6.05. The molecule has 5 heterocycles. The molecule has 3 aromatic heterocycles. The third-order valence-corrected chi connectivity index (χ3v) is 5.48. The average Bonchev–Trinajstić information content (AvgIpc) is 2.75. The van der Waals surface area contributed by atoms with Crippen LogP contribution >= 0.6 is 0 Å². The van der Waals surface area contributed by atoms with E-state index in [9.17, 15) is 8.78 Å². The Kier molecular flexibility index (Phi) is 4.54. The third-order valence-electron chi connectivity index (χ3n) is 5.48. The SMILES string of the molecule is C=C(Nc1ccc(F)cn1)N1c2nc(-c3cncc(F)c3)ccc2N2CCC[C@H]1C2. The fourth-order valence-electron chi connectivity index (χ4n) is 4.14. The van der Waals surface area contributed by atoms with Gasteiger partial charge < -0.3 is 15.1 Å². The van der Waals surface area contributed by atoms with E-state index < -0.39 is 11.6 Å². The summed E-state index contributed by atoms with van der Waals surface area (Å²) in [6, 6.07) is 8.44. The largest absolute Gasteiger partial charge is 0.366 e. The predicted octanol–water partition coefficient (Wildman–Crippen LogP) is 4.19. The van der Waals surface area contributed by atoms with Crippen molar-refractivity contribution < 1.29 is 8.78 Å². The minimum Gasteiger partial charge on any atom is -0.366 e. The minimum atomic E-state index is -0.405. The van der Waals surface area contributed by atoms with Crippen molar-refractivity contribution in [2.45, 2.75) is 18.9 Å². The first-order chi connectivity index (χ1) is 14.6. The molecule has 30 heavy (non-hydrogen) atoms. The summed E-state index contributed by atoms with van der Waals surface area (Å²) in [6.07, 6.45) is 6.00. The van der Waals surface area contributed by atoms with E-state index in [4.69, 9.17) is 4.98 Å². The molecular formula is C22H20F2N6. The second kappa shape index (κ2) is 7.37. The van der Waals surface area contributed by atoms with Crippen LogP contribution in [0, 0.1) is 11.6 Å². The zero-order valence-electron chi connectivity index (χ0n) is 16.2. The van der Waals surface area contributed by atoms with E-state index in [1.54, 1.807) is 12.3 Å². The van der Waals surface area contributed by atoms with Crippen LogP contribution in [0.5, 0.6) is 0 Å². The number of aromatic nitrogens is 3. The molecule has 0 spiro atoms. The highest BCUT2D eigenvalue weighted by atomic mass is 19.1. The van der Waals surface area contributed by atoms with Gasteiger partial charge in [-0.25, -0.2) is 18.7 Å². The summed E-state index contributed by atoms with van der Waals surface area (Å²) < 4.78 is 26.9. The molecule has 0 saturated carbocycles. The number of rotatable bonds is 4. The van der Waals surface area contributed by atoms with Crippen LogP contribution in [0.1, 0.15) is 12.8 Å². The maximum atomic E-state index is 13.7. The Balaban J connectivity index is 1.54. The van der Waals surface area contributed by atoms with Gasteiger partial charge in [0.2, 0.25) is 0 Å². The van der Waals surface area contributed by atoms with E-state index in [0.717, 1.165) is 43.6 Å². The molecule has 0 radical (unpaired) electrons. The van der Waals surface area contributed by atoms with Crippen molar-refractivity contribution >= 4 is 17.3 Å². The Hall–Kier alpha value is -3.55. The van der Waals surface area contributed by atoms with E-state index >= 15 is 0 Å². The van der Waals surface area contributed by atoms with E-state index in [1.807, 2.05) is 12.1 Å². The van der Waals surface area contributed by atoms with E-state index in [-0.39, 0.29) is 6.04 Å². The molecule has 2 aliphatic heterocycles. The standard InChI is InChI=1S/C22H20F2N6/c1-14(27-21-7-4-16(23)12-26-21)30-18-3-2-8-29(13-18)20-6-5-19(28-22(20)30)15-9-17(24)11-25-10-15/h4-7,9-12,18H,1-3,8,13H2,(H,26,27)/t18-/m0/s1. The molecule has 0 unspecified atom stereocenters. The lowest BCUT2D eigenvalue weighted by atomic mass is 9.99. The number of fused-ring (bicyclic) bond motifs is 4. The van der Waals surface area contributed by atoms with Gasteiger partial charge in [0.15, 0.2) is 5.82 Å². The van der Waals surface area contributed by atoms with Crippen molar-refractivity contribution in [3.05, 3.63) is 73.0 Å². The maximum absolute atomic E-state index is 13.7. The molecule has 0 amide bonds. The topological polar surface area (TPSA) is 57.2 Å². The first-order valence-electron chi connectivity index (χ1n) is 9.82. The van der Waals surface area contributed by atoms with Gasteiger partial charge in [-0.1, -0.05) is 6.58 Å². The Labute approximate surface area is 172 Å². The molecule has 0 aromatic carbocycles. The van der Waals surface area contributed by atoms with Crippen LogP contribution in [0.2, 0.25) is 0 Å². The van der Waals surface area contributed by atoms with Crippen LogP contribution in [0.3, 0.4) is 0 Å². The molecule has 152 valence electrons. The van der Waals surface area contributed by atoms with Crippen molar-refractivity contribution in [2.75, 3.05) is 28.2 Å². The molecule has 8 heteroatoms. The van der Waals surface area contributed by atoms with Crippen molar-refractivity contribution in [2.24, 2.45) is 0 Å². The molecule has 6 nitrogen and oxygen atoms in total. The van der Waals surface area contributed by atoms with Crippen molar-refractivity contribution in [1.82, 2.24) is 15.0 Å². The Morgan fingerprint density at radius 2 is 2.00 bits per heavy atom. The number of hydrogen-bond donors (Lipinski definition) is 1. The molecular weight excluding hydrogens is 386 g/mol. The highest BCUT2D eigenvalue weighted by Gasteiger charge is 2.36. The molecule has 1 atom stereocenters. The molecule has 1 N–H and O–H groups in total. The van der Waals surface area contributed by atoms with Gasteiger partial charge in [0.25, 0.3) is 0 Å². The van der Waals surface area contributed by atoms with E-state index in [1.165, 1.54) is 18.3 Å². The van der Waals surface area contributed by atoms with Crippen LogP contribution in [-0.2, 0) is 0 Å². The van der Waals surface area contributed by atoms with Gasteiger partial charge >= 0.3 is 0 Å². The van der Waals surface area contributed by atoms with Crippen LogP contribution in [0.4, 0.5) is 26.1 Å². The summed E-state index contributed by atoms with van der Waals surface area (Å²) in [5.41, 5.74) is 2.26. The van der Waals surface area contributed by atoms with Gasteiger partial charge in [0, 0.05) is 24.8 Å². The average molecular weight is 406 g/mol. The minimum absolute atomic E-state index is 0.195. The lowest BCUT2D eigenvalue weighted by molar-refractivity contribution is 0.472. The third kappa shape index (κ3) is 3.34. The normalized spacial score (nSPS) is 17.5. The Morgan fingerprint density at radius 3 is 2.80 bits per heavy atom. The van der Waals surface area contributed by atoms with Gasteiger partial charge in [-0.15, -0.1) is 0 Å². The zero-order chi connectivity index (χ0) is 20.7. The molecule has 2 aliphatic rings. The van der Waals surface area contributed by atoms with Crippen LogP contribution in [0.15, 0.2) is 61.3 Å². The first-order valence-corrected chi connectivity index (χ1v) is 9.82. The summed E-state index contributed by atoms with van der Waals surface area (Å²) in [7, 11) is 0. The smallest absolute Gasteiger partial charge is 0.158 e. The summed E-state index contributed by atoms with van der Waals surface area (Å²) >= 11 is 0. The Bertz CT molecular complexity index is 1100. The molecule has 2 bridgehead atoms. The van der Waals surface area contributed by atoms with Gasteiger partial charge in [-0.3, -0.25) is 4.98 Å². The summed E-state index contributed by atoms with van der Waals surface area (Å²) in [4.78, 5) is 17.3. The van der Waals surface area contributed by atoms with Gasteiger partial charge in [-0.05, 0) is 43.2 Å². The molecule has 1 fully saturated rings. The lowest BCUT2D eigenvalue weighted by Crippen LogP contribution is -2.53. The van der Waals surface area contributed by atoms with Crippen LogP contribution < -0.4 is 15.1 Å². The van der Waals surface area contributed by atoms with E-state index in [2.05, 4.69) is 31.7 Å². The number of nitrogens with zero attached hydrogens (tertiary/aromatic N) is 5. The first kappa shape index (κ1) is 18.5. The monoisotopic (exact) mass is 406 g/mol. The summed E-state index contributed by atoms with van der Waals surface area (Å²) in [5, 5.41) is 3.17. The van der Waals surface area contributed by atoms with Crippen molar-refractivity contribution in [3.63, 3.8) is 0 Å². The van der Waals surface area contributed by atoms with Gasteiger partial charge in [0.1, 0.15) is 23.3 Å². The molecule has 3 aromatic rings. The quantitative estimate of drug-likeness (QED) is 0.701. The number of piperidine rings is 1. The van der Waals surface area contributed by atoms with Crippen LogP contribution in [0.25, 0.3) is 11.3 Å². The van der Waals surface area contributed by atoms with Gasteiger partial charge in [-0.2, -0.15) is 0 Å². The van der Waals surface area contributed by atoms with Gasteiger partial charge in [0.05, 0.1) is 29.8 Å². The number of hydrogen-bond acceptors (Lipinski definition) is 6. The molecule has 0 aliphatic carbocycles. The van der Waals surface area contributed by atoms with Crippen LogP contribution in [-0.4, -0.2) is 34.1 Å². The second-order valence-electron chi connectivity index (χ2n) is 7.48. The zero-order valence-corrected chi connectivity index (χ0v) is 16.2. The predicted molar refractivity (Wildman–Crippen MR) is 112 cm³/mol. The van der Waals surface area contributed by atoms with Crippen molar-refractivity contribution in [1.29, 1.82) is 0 Å². The van der Waals surface area contributed by atoms with E-state index in [0.29, 0.717) is 22.9 Å². The maximum Gasteiger partial charge on any atom is 0.158 e. The lowest BCUT2D eigenvalue weighted by Gasteiger charge is -2.47. The Morgan fingerprint density at radius 1 is 1.10 bits per heavy atom. The molecule has 5 rings (SSSR count). The number of anilines is 3. The second-order valence-corrected chi connectivity index (χ2v) is 7.48. The fraction of sp³-hybridized carbons (Fsp3) is 0.227. The highest BCUT2D eigenvalue weighted by molar-refractivity contribution is 5.77. The van der Waals surface area contributed by atoms with Crippen molar-refractivity contribution in [3.8, 4) is 11.3 Å². The number of nitrogens with one attached hydrogen (secondary N) is 1. The number of halogens is 2. The summed E-state index contributed by atoms with van der Waals surface area (Å²) in [5.74, 6) is 1.08. The molecule has 1 saturated heterocycles. The highest BCUT2D eigenvalue weighted by Crippen LogP contribution is 2.40.